The van der Waals surface area contributed by atoms with E-state index >= 15 is 16.8 Å². The number of hydrogen-bond donors (Lipinski definition) is 0. The lowest BCUT2D eigenvalue weighted by molar-refractivity contribution is 0.576. The minimum absolute atomic E-state index is 0.00915. The van der Waals surface area contributed by atoms with E-state index in [1.165, 1.54) is 7.47 Å². The Kier molecular flexibility index (Phi) is 8.72. The molecule has 0 aliphatic rings. The largest absolute Gasteiger partial charge is 0.416 e. The second-order valence-corrected chi connectivity index (χ2v) is 20.2. The summed E-state index contributed by atoms with van der Waals surface area (Å²) in [5.41, 5.74) is 3.28. The average Bonchev–Trinajstić information content (AvgIpc) is 3.28. The summed E-state index contributed by atoms with van der Waals surface area (Å²) in [6.45, 7) is 10.1. The van der Waals surface area contributed by atoms with Crippen LogP contribution in [0.25, 0.3) is 43.4 Å². The highest BCUT2D eigenvalue weighted by Crippen LogP contribution is 2.46. The van der Waals surface area contributed by atoms with Gasteiger partial charge in [-0.3, -0.25) is 0 Å². The third-order valence-electron chi connectivity index (χ3n) is 9.79. The van der Waals surface area contributed by atoms with Crippen molar-refractivity contribution in [3.05, 3.63) is 162 Å². The monoisotopic (exact) mass is 770 g/mol. The smallest absolute Gasteiger partial charge is 0.274 e. The van der Waals surface area contributed by atoms with Crippen LogP contribution in [0.15, 0.2) is 155 Å². The van der Waals surface area contributed by atoms with Crippen molar-refractivity contribution < 1.29 is 21.4 Å². The molecule has 8 rings (SSSR count). The van der Waals surface area contributed by atoms with Crippen molar-refractivity contribution in [2.75, 3.05) is 0 Å². The molecule has 1 aromatic heterocycles. The van der Waals surface area contributed by atoms with Crippen molar-refractivity contribution in [1.29, 1.82) is 0 Å². The molecule has 0 saturated heterocycles. The molecule has 0 unspecified atom stereocenters. The van der Waals surface area contributed by atoms with E-state index in [0.29, 0.717) is 27.6 Å². The number of aromatic nitrogens is 2. The molecule has 1 heterocycles. The van der Waals surface area contributed by atoms with Crippen LogP contribution in [-0.2, 0) is 25.5 Å². The van der Waals surface area contributed by atoms with Crippen molar-refractivity contribution in [3.8, 4) is 5.75 Å². The lowest BCUT2D eigenvalue weighted by atomic mass is 9.87. The fourth-order valence-corrected chi connectivity index (χ4v) is 13.2. The molecule has 0 fully saturated rings. The van der Waals surface area contributed by atoms with Gasteiger partial charge in [-0.25, -0.2) is 16.8 Å². The number of nitrogens with zero attached hydrogens (tertiary/aromatic N) is 2. The number of rotatable bonds is 6. The van der Waals surface area contributed by atoms with Crippen LogP contribution in [-0.4, -0.2) is 24.3 Å². The summed E-state index contributed by atoms with van der Waals surface area (Å²) in [5, 5.41) is 4.49. The van der Waals surface area contributed by atoms with Crippen LogP contribution in [0, 0.1) is 13.8 Å². The van der Waals surface area contributed by atoms with Gasteiger partial charge in [0.1, 0.15) is 5.75 Å². The minimum atomic E-state index is -4.51. The summed E-state index contributed by atoms with van der Waals surface area (Å²) in [6, 6.07) is 43.5. The molecule has 0 aliphatic heterocycles. The van der Waals surface area contributed by atoms with Crippen LogP contribution in [0.3, 0.4) is 0 Å². The van der Waals surface area contributed by atoms with Crippen LogP contribution >= 0.6 is 8.08 Å². The van der Waals surface area contributed by atoms with Crippen LogP contribution < -0.4 is 4.52 Å². The van der Waals surface area contributed by atoms with Gasteiger partial charge >= 0.3 is 0 Å². The Morgan fingerprint density at radius 3 is 1.31 bits per heavy atom. The fraction of sp³-hybridized carbons (Fsp3) is 0.136. The lowest BCUT2D eigenvalue weighted by Crippen LogP contribution is -2.19. The van der Waals surface area contributed by atoms with Crippen molar-refractivity contribution in [2.45, 2.75) is 49.8 Å². The van der Waals surface area contributed by atoms with Gasteiger partial charge in [-0.2, -0.15) is 7.47 Å². The standard InChI is InChI=1S/C44H39N2O5PS2/c1-30-14-24-36(25-15-30)53(47,48)45-40-28-18-32-10-6-8-12-38(32)42(40)43-39-13-9-7-11-33(39)19-29-41(43)46(54(49,50)37-26-16-31(2)17-27-37)52(45)51-35-22-20-34(21-23-35)44(3,4)5/h6-29H,1-5H3. The summed E-state index contributed by atoms with van der Waals surface area (Å²) >= 11 is 0. The van der Waals surface area contributed by atoms with Gasteiger partial charge in [0.05, 0.1) is 20.8 Å². The zero-order chi connectivity index (χ0) is 38.0. The summed E-state index contributed by atoms with van der Waals surface area (Å²) in [7, 11) is -11.8. The number of fused-ring (bicyclic) bond motifs is 7. The second kappa shape index (κ2) is 13.2. The first kappa shape index (κ1) is 35.7. The molecule has 7 nitrogen and oxygen atoms in total. The van der Waals surface area contributed by atoms with Gasteiger partial charge < -0.3 is 4.52 Å². The Labute approximate surface area is 316 Å². The SMILES string of the molecule is Cc1ccc(S(=O)(=O)n2c3ccc4ccccc4c3c3c4ccccc4ccc3n(S(=O)(=O)c3ccc(C)cc3)p2Oc2ccc(C(C)(C)C)cc2)cc1. The zero-order valence-electron chi connectivity index (χ0n) is 30.6. The van der Waals surface area contributed by atoms with Gasteiger partial charge in [-0.1, -0.05) is 129 Å². The van der Waals surface area contributed by atoms with E-state index in [1.807, 2.05) is 86.6 Å². The summed E-state index contributed by atoms with van der Waals surface area (Å²) in [4.78, 5) is 0.0183. The van der Waals surface area contributed by atoms with Crippen molar-refractivity contribution in [2.24, 2.45) is 0 Å². The minimum Gasteiger partial charge on any atom is -0.416 e. The predicted octanol–water partition coefficient (Wildman–Crippen LogP) is 11.2. The van der Waals surface area contributed by atoms with Crippen LogP contribution in [0.1, 0.15) is 37.5 Å². The number of aryl methyl sites for hydroxylation is 2. The molecular weight excluding hydrogens is 732 g/mol. The highest BCUT2D eigenvalue weighted by molar-refractivity contribution is 7.96. The molecule has 0 aliphatic carbocycles. The van der Waals surface area contributed by atoms with Crippen LogP contribution in [0.2, 0.25) is 0 Å². The molecule has 10 heteroatoms. The summed E-state index contributed by atoms with van der Waals surface area (Å²) in [6.07, 6.45) is 0. The highest BCUT2D eigenvalue weighted by Gasteiger charge is 2.32. The van der Waals surface area contributed by atoms with E-state index in [2.05, 4.69) is 20.8 Å². The van der Waals surface area contributed by atoms with E-state index in [1.54, 1.807) is 72.8 Å². The molecule has 54 heavy (non-hydrogen) atoms. The van der Waals surface area contributed by atoms with Gasteiger partial charge in [0, 0.05) is 10.8 Å². The molecule has 0 saturated carbocycles. The molecule has 272 valence electrons. The molecule has 0 N–H and O–H groups in total. The molecule has 0 atom stereocenters. The highest BCUT2D eigenvalue weighted by atomic mass is 32.2. The Bertz CT molecular complexity index is 2850. The van der Waals surface area contributed by atoms with Crippen molar-refractivity contribution >= 4 is 71.5 Å². The Morgan fingerprint density at radius 2 is 0.907 bits per heavy atom. The maximum Gasteiger partial charge on any atom is 0.274 e. The van der Waals surface area contributed by atoms with Gasteiger partial charge in [0.25, 0.3) is 28.1 Å². The third kappa shape index (κ3) is 6.06. The normalized spacial score (nSPS) is 12.5. The predicted molar refractivity (Wildman–Crippen MR) is 221 cm³/mol. The zero-order valence-corrected chi connectivity index (χ0v) is 33.1. The van der Waals surface area contributed by atoms with Crippen molar-refractivity contribution in [3.63, 3.8) is 0 Å². The summed E-state index contributed by atoms with van der Waals surface area (Å²) in [5.74, 6) is 0.328. The van der Waals surface area contributed by atoms with Crippen LogP contribution in [0.5, 0.6) is 5.75 Å². The lowest BCUT2D eigenvalue weighted by Gasteiger charge is -2.21. The molecule has 0 bridgehead atoms. The molecule has 8 aromatic rings. The van der Waals surface area contributed by atoms with Crippen LogP contribution in [0.4, 0.5) is 0 Å². The van der Waals surface area contributed by atoms with Gasteiger partial charge in [-0.05, 0) is 94.9 Å². The quantitative estimate of drug-likeness (QED) is 0.168. The fourth-order valence-electron chi connectivity index (χ4n) is 6.87. The molecule has 0 amide bonds. The Morgan fingerprint density at radius 1 is 0.500 bits per heavy atom. The molecule has 0 spiro atoms. The first-order valence-corrected chi connectivity index (χ1v) is 21.7. The second-order valence-electron chi connectivity index (χ2n) is 14.6. The van der Waals surface area contributed by atoms with Gasteiger partial charge in [0.15, 0.2) is 0 Å². The molecule has 0 radical (unpaired) electrons. The maximum atomic E-state index is 15.4. The van der Waals surface area contributed by atoms with Gasteiger partial charge in [0.2, 0.25) is 0 Å². The average molecular weight is 771 g/mol. The third-order valence-corrected chi connectivity index (χ3v) is 16.4. The van der Waals surface area contributed by atoms with Gasteiger partial charge in [-0.15, -0.1) is 0 Å². The summed E-state index contributed by atoms with van der Waals surface area (Å²) < 4.78 is 71.1. The van der Waals surface area contributed by atoms with E-state index in [0.717, 1.165) is 38.2 Å². The molecular formula is C44H39N2O5PS2. The van der Waals surface area contributed by atoms with E-state index in [9.17, 15) is 0 Å². The Balaban J connectivity index is 1.68. The van der Waals surface area contributed by atoms with E-state index in [-0.39, 0.29) is 15.2 Å². The Hall–Kier alpha value is -5.34. The van der Waals surface area contributed by atoms with E-state index < -0.39 is 28.1 Å². The van der Waals surface area contributed by atoms with E-state index in [4.69, 9.17) is 4.52 Å². The maximum absolute atomic E-state index is 15.4. The van der Waals surface area contributed by atoms with Crippen molar-refractivity contribution in [1.82, 2.24) is 7.47 Å². The first-order valence-electron chi connectivity index (χ1n) is 17.6. The topological polar surface area (TPSA) is 87.4 Å². The molecule has 7 aromatic carbocycles. The first-order chi connectivity index (χ1) is 25.7. The number of benzene rings is 7. The number of hydrogen-bond acceptors (Lipinski definition) is 5.